The van der Waals surface area contributed by atoms with Crippen molar-refractivity contribution in [2.45, 2.75) is 98.3 Å². The fourth-order valence-corrected chi connectivity index (χ4v) is 2.43. The van der Waals surface area contributed by atoms with E-state index in [9.17, 15) is 0 Å². The molecule has 18 heavy (non-hydrogen) atoms. The second-order valence-corrected chi connectivity index (χ2v) is 6.23. The van der Waals surface area contributed by atoms with Crippen LogP contribution in [0.3, 0.4) is 0 Å². The number of rotatable bonds is 12. The first kappa shape index (κ1) is 17.7. The maximum Gasteiger partial charge on any atom is -0.0346 e. The fraction of sp³-hybridized carbons (Fsp3) is 0.889. The van der Waals surface area contributed by atoms with Crippen LogP contribution >= 0.6 is 0 Å². The summed E-state index contributed by atoms with van der Waals surface area (Å²) in [5.74, 6) is 0.917. The van der Waals surface area contributed by atoms with Crippen LogP contribution in [0.5, 0.6) is 0 Å². The molecule has 108 valence electrons. The molecule has 0 aliphatic heterocycles. The Morgan fingerprint density at radius 1 is 0.833 bits per heavy atom. The highest BCUT2D eigenvalue weighted by atomic mass is 14.1. The van der Waals surface area contributed by atoms with Gasteiger partial charge in [-0.25, -0.2) is 0 Å². The molecule has 0 heteroatoms. The zero-order chi connectivity index (χ0) is 13.6. The first-order valence-corrected chi connectivity index (χ1v) is 8.30. The minimum atomic E-state index is 0.917. The summed E-state index contributed by atoms with van der Waals surface area (Å²) < 4.78 is 0. The van der Waals surface area contributed by atoms with E-state index in [4.69, 9.17) is 0 Å². The average molecular weight is 252 g/mol. The molecular weight excluding hydrogens is 216 g/mol. The highest BCUT2D eigenvalue weighted by Crippen LogP contribution is 2.17. The molecule has 1 unspecified atom stereocenters. The summed E-state index contributed by atoms with van der Waals surface area (Å²) in [4.78, 5) is 0. The van der Waals surface area contributed by atoms with E-state index < -0.39 is 0 Å². The third-order valence-electron chi connectivity index (χ3n) is 3.76. The zero-order valence-corrected chi connectivity index (χ0v) is 13.4. The molecule has 0 aliphatic carbocycles. The lowest BCUT2D eigenvalue weighted by atomic mass is 9.97. The topological polar surface area (TPSA) is 0 Å². The van der Waals surface area contributed by atoms with Crippen molar-refractivity contribution in [1.82, 2.24) is 0 Å². The van der Waals surface area contributed by atoms with Gasteiger partial charge in [0.1, 0.15) is 0 Å². The zero-order valence-electron chi connectivity index (χ0n) is 13.4. The van der Waals surface area contributed by atoms with Crippen LogP contribution in [-0.2, 0) is 0 Å². The predicted molar refractivity (Wildman–Crippen MR) is 85.1 cm³/mol. The molecule has 1 atom stereocenters. The van der Waals surface area contributed by atoms with E-state index in [0.717, 1.165) is 5.92 Å². The minimum Gasteiger partial charge on any atom is -0.0859 e. The van der Waals surface area contributed by atoms with Crippen LogP contribution in [0.2, 0.25) is 0 Å². The predicted octanol–water partition coefficient (Wildman–Crippen LogP) is 6.90. The van der Waals surface area contributed by atoms with Gasteiger partial charge >= 0.3 is 0 Å². The Hall–Kier alpha value is -0.260. The van der Waals surface area contributed by atoms with Crippen molar-refractivity contribution >= 4 is 0 Å². The van der Waals surface area contributed by atoms with Gasteiger partial charge in [-0.1, -0.05) is 83.3 Å². The Morgan fingerprint density at radius 2 is 1.39 bits per heavy atom. The van der Waals surface area contributed by atoms with Gasteiger partial charge in [0.05, 0.1) is 0 Å². The van der Waals surface area contributed by atoms with Gasteiger partial charge in [-0.2, -0.15) is 0 Å². The summed E-state index contributed by atoms with van der Waals surface area (Å²) in [6, 6.07) is 0. The molecule has 0 fully saturated rings. The molecule has 0 aromatic heterocycles. The Kier molecular flexibility index (Phi) is 13.0. The molecule has 0 spiro atoms. The van der Waals surface area contributed by atoms with Crippen LogP contribution < -0.4 is 0 Å². The lowest BCUT2D eigenvalue weighted by Crippen LogP contribution is -1.94. The Labute approximate surface area is 116 Å². The number of hydrogen-bond acceptors (Lipinski definition) is 0. The monoisotopic (exact) mass is 252 g/mol. The van der Waals surface area contributed by atoms with Crippen molar-refractivity contribution in [2.75, 3.05) is 0 Å². The van der Waals surface area contributed by atoms with E-state index in [2.05, 4.69) is 33.8 Å². The second-order valence-electron chi connectivity index (χ2n) is 6.23. The summed E-state index contributed by atoms with van der Waals surface area (Å²) in [6.45, 7) is 9.10. The smallest absolute Gasteiger partial charge is 0.0346 e. The van der Waals surface area contributed by atoms with Crippen LogP contribution in [0.1, 0.15) is 98.3 Å². The number of allylic oxidation sites excluding steroid dienone is 2. The van der Waals surface area contributed by atoms with Gasteiger partial charge in [-0.15, -0.1) is 0 Å². The highest BCUT2D eigenvalue weighted by Gasteiger charge is 2.00. The van der Waals surface area contributed by atoms with E-state index in [1.54, 1.807) is 0 Å². The van der Waals surface area contributed by atoms with E-state index in [1.165, 1.54) is 76.2 Å². The van der Waals surface area contributed by atoms with Crippen LogP contribution in [0.4, 0.5) is 0 Å². The van der Waals surface area contributed by atoms with Gasteiger partial charge in [0, 0.05) is 0 Å². The van der Waals surface area contributed by atoms with Crippen molar-refractivity contribution in [3.63, 3.8) is 0 Å². The normalized spacial score (nSPS) is 12.4. The van der Waals surface area contributed by atoms with Gasteiger partial charge in [0.15, 0.2) is 0 Å². The van der Waals surface area contributed by atoms with Gasteiger partial charge in [-0.3, -0.25) is 0 Å². The quantitative estimate of drug-likeness (QED) is 0.262. The summed E-state index contributed by atoms with van der Waals surface area (Å²) in [5, 5.41) is 0. The van der Waals surface area contributed by atoms with Crippen molar-refractivity contribution in [1.29, 1.82) is 0 Å². The van der Waals surface area contributed by atoms with Gasteiger partial charge < -0.3 is 0 Å². The van der Waals surface area contributed by atoms with Crippen LogP contribution in [-0.4, -0.2) is 0 Å². The molecule has 0 amide bonds. The van der Waals surface area contributed by atoms with Crippen molar-refractivity contribution in [3.05, 3.63) is 11.6 Å². The van der Waals surface area contributed by atoms with Crippen LogP contribution in [0, 0.1) is 5.92 Å². The summed E-state index contributed by atoms with van der Waals surface area (Å²) >= 11 is 0. The second kappa shape index (κ2) is 13.2. The maximum absolute atomic E-state index is 2.42. The Morgan fingerprint density at radius 3 is 1.94 bits per heavy atom. The summed E-state index contributed by atoms with van der Waals surface area (Å²) in [7, 11) is 0. The lowest BCUT2D eigenvalue weighted by molar-refractivity contribution is 0.457. The molecule has 0 saturated heterocycles. The lowest BCUT2D eigenvalue weighted by Gasteiger charge is -2.09. The standard InChI is InChI=1S/C18H36/c1-5-6-7-8-9-10-11-12-15-18(4)16-13-14-17(2)3/h14,18H,5-13,15-16H2,1-4H3. The number of hydrogen-bond donors (Lipinski definition) is 0. The molecule has 0 aliphatic rings. The minimum absolute atomic E-state index is 0.917. The molecule has 0 rings (SSSR count). The molecular formula is C18H36. The molecule has 0 nitrogen and oxygen atoms in total. The molecule has 0 saturated carbocycles. The van der Waals surface area contributed by atoms with E-state index in [0.29, 0.717) is 0 Å². The largest absolute Gasteiger partial charge is 0.0859 e. The number of unbranched alkanes of at least 4 members (excludes halogenated alkanes) is 7. The molecule has 0 bridgehead atoms. The van der Waals surface area contributed by atoms with E-state index in [-0.39, 0.29) is 0 Å². The highest BCUT2D eigenvalue weighted by molar-refractivity contribution is 4.92. The first-order chi connectivity index (χ1) is 8.66. The maximum atomic E-state index is 2.42. The fourth-order valence-electron chi connectivity index (χ4n) is 2.43. The van der Waals surface area contributed by atoms with Crippen LogP contribution in [0.15, 0.2) is 11.6 Å². The SMILES string of the molecule is CCCCCCCCCCC(C)CCC=C(C)C. The molecule has 0 N–H and O–H groups in total. The molecule has 0 aromatic carbocycles. The third-order valence-corrected chi connectivity index (χ3v) is 3.76. The van der Waals surface area contributed by atoms with Crippen LogP contribution in [0.25, 0.3) is 0 Å². The van der Waals surface area contributed by atoms with Crippen molar-refractivity contribution < 1.29 is 0 Å². The van der Waals surface area contributed by atoms with E-state index in [1.807, 2.05) is 0 Å². The molecule has 0 radical (unpaired) electrons. The average Bonchev–Trinajstić information content (AvgIpc) is 2.32. The Bertz CT molecular complexity index is 186. The van der Waals surface area contributed by atoms with Crippen molar-refractivity contribution in [2.24, 2.45) is 5.92 Å². The van der Waals surface area contributed by atoms with Gasteiger partial charge in [0.25, 0.3) is 0 Å². The third kappa shape index (κ3) is 13.8. The van der Waals surface area contributed by atoms with Crippen molar-refractivity contribution in [3.8, 4) is 0 Å². The molecule has 0 heterocycles. The Balaban J connectivity index is 3.20. The van der Waals surface area contributed by atoms with Gasteiger partial charge in [0.2, 0.25) is 0 Å². The summed E-state index contributed by atoms with van der Waals surface area (Å²) in [6.07, 6.45) is 18.0. The first-order valence-electron chi connectivity index (χ1n) is 8.30. The molecule has 0 aromatic rings. The summed E-state index contributed by atoms with van der Waals surface area (Å²) in [5.41, 5.74) is 1.47. The van der Waals surface area contributed by atoms with E-state index >= 15 is 0 Å². The van der Waals surface area contributed by atoms with Gasteiger partial charge in [-0.05, 0) is 32.6 Å².